The van der Waals surface area contributed by atoms with Crippen molar-refractivity contribution in [1.29, 1.82) is 0 Å². The number of hydrogen-bond donors (Lipinski definition) is 0. The van der Waals surface area contributed by atoms with Gasteiger partial charge in [0.15, 0.2) is 0 Å². The first kappa shape index (κ1) is 92.5. The van der Waals surface area contributed by atoms with Crippen molar-refractivity contribution in [3.8, 4) is 74.1 Å². The van der Waals surface area contributed by atoms with Crippen LogP contribution in [0.25, 0.3) is 0 Å². The van der Waals surface area contributed by atoms with Crippen LogP contribution in [0.3, 0.4) is 0 Å². The van der Waals surface area contributed by atoms with E-state index in [2.05, 4.69) is 320 Å². The Morgan fingerprint density at radius 2 is 0.714 bits per heavy atom. The summed E-state index contributed by atoms with van der Waals surface area (Å²) in [7, 11) is 0. The number of hydrogen-bond acceptors (Lipinski definition) is 12. The smallest absolute Gasteiger partial charge is 0.204 e. The lowest BCUT2D eigenvalue weighted by molar-refractivity contribution is 0.544. The lowest BCUT2D eigenvalue weighted by atomic mass is 9.86. The Kier molecular flexibility index (Phi) is 36.2. The van der Waals surface area contributed by atoms with E-state index in [1.54, 1.807) is 30.9 Å². The first-order valence-electron chi connectivity index (χ1n) is 35.2. The third-order valence-corrected chi connectivity index (χ3v) is 15.0. The molecule has 0 aromatic carbocycles. The Labute approximate surface area is 635 Å². The molecule has 0 radical (unpaired) electrons. The number of terminal acetylenes is 6. The number of pyridine rings is 6. The van der Waals surface area contributed by atoms with Crippen LogP contribution in [-0.2, 0) is 48.7 Å². The molecule has 552 valence electrons. The molecule has 0 aliphatic carbocycles. The van der Waals surface area contributed by atoms with Gasteiger partial charge in [-0.15, -0.1) is 38.5 Å². The average molecular weight is 1410 g/mol. The van der Waals surface area contributed by atoms with E-state index in [9.17, 15) is 0 Å². The van der Waals surface area contributed by atoms with Gasteiger partial charge in [-0.05, 0) is 155 Å². The third kappa shape index (κ3) is 36.0. The number of aromatic nitrogens is 12. The Hall–Kier alpha value is -10.5. The Morgan fingerprint density at radius 3 is 1.13 bits per heavy atom. The van der Waals surface area contributed by atoms with Crippen LogP contribution >= 0.6 is 0 Å². The molecule has 0 fully saturated rings. The summed E-state index contributed by atoms with van der Waals surface area (Å²) >= 11 is 0. The zero-order chi connectivity index (χ0) is 80.6. The van der Waals surface area contributed by atoms with Gasteiger partial charge in [-0.25, -0.2) is 44.9 Å². The highest BCUT2D eigenvalue weighted by Crippen LogP contribution is 2.28. The second-order valence-electron chi connectivity index (χ2n) is 34.2. The first-order chi connectivity index (χ1) is 48.3. The minimum atomic E-state index is -0.0349. The van der Waals surface area contributed by atoms with Crippen LogP contribution in [0, 0.1) is 94.8 Å². The van der Waals surface area contributed by atoms with E-state index in [0.717, 1.165) is 56.9 Å². The van der Waals surface area contributed by atoms with Crippen molar-refractivity contribution >= 4 is 0 Å². The summed E-state index contributed by atoms with van der Waals surface area (Å²) < 4.78 is 0. The van der Waals surface area contributed by atoms with Crippen molar-refractivity contribution in [3.63, 3.8) is 0 Å². The van der Waals surface area contributed by atoms with Crippen molar-refractivity contribution in [3.05, 3.63) is 249 Å². The third-order valence-electron chi connectivity index (χ3n) is 15.0. The lowest BCUT2D eigenvalue weighted by Crippen LogP contribution is -2.16. The van der Waals surface area contributed by atoms with E-state index in [4.69, 9.17) is 38.5 Å². The molecule has 0 atom stereocenters. The average Bonchev–Trinajstić information content (AvgIpc) is 0.842. The highest BCUT2D eigenvalue weighted by Gasteiger charge is 2.22. The van der Waals surface area contributed by atoms with Crippen molar-refractivity contribution in [2.75, 3.05) is 0 Å². The summed E-state index contributed by atoms with van der Waals surface area (Å²) in [6, 6.07) is 33.7. The molecule has 0 amide bonds. The summed E-state index contributed by atoms with van der Waals surface area (Å²) in [5.74, 6) is 16.3. The van der Waals surface area contributed by atoms with Gasteiger partial charge in [0.2, 0.25) is 5.82 Å². The van der Waals surface area contributed by atoms with Gasteiger partial charge in [0.1, 0.15) is 40.6 Å². The monoisotopic (exact) mass is 1400 g/mol. The van der Waals surface area contributed by atoms with Gasteiger partial charge in [0, 0.05) is 92.7 Å². The maximum absolute atomic E-state index is 5.33. The van der Waals surface area contributed by atoms with Crippen LogP contribution in [-0.4, -0.2) is 59.8 Å². The summed E-state index contributed by atoms with van der Waals surface area (Å²) in [5.41, 5.74) is 17.0. The van der Waals surface area contributed by atoms with Crippen LogP contribution in [0.2, 0.25) is 0 Å². The largest absolute Gasteiger partial charge is 0.262 e. The molecular weight excluding hydrogens is 1290 g/mol. The molecule has 0 aliphatic rings. The molecule has 0 saturated heterocycles. The predicted molar refractivity (Wildman–Crippen MR) is 442 cm³/mol. The fourth-order valence-corrected chi connectivity index (χ4v) is 8.78. The summed E-state index contributed by atoms with van der Waals surface area (Å²) in [6.45, 7) is 63.8. The molecule has 0 aliphatic heterocycles. The SMILES string of the molecule is C#Cc1cc(C(C)(C)C)ccn1.C#Cc1cc(C(C)(C)C)ncn1.C#Cc1cccc(C(C)(C)C)n1.C#Cc1ccnc(C(C)(C)C)n1.C#Cc1nccc(C(C)(C)C)n1.C#Cc1ncccc1C(C)(C)C.Cc1cc(C(C)(C)C)ccn1.Cc1cccc(C(C)(C)C)n1.Cc1ncccc1C(C)(C)C. The molecule has 9 aromatic rings. The fraction of sp³-hybridized carbons (Fsp3) is 0.419. The summed E-state index contributed by atoms with van der Waals surface area (Å²) in [6.07, 6.45) is 43.6. The molecule has 12 heteroatoms. The highest BCUT2D eigenvalue weighted by atomic mass is 14.9. The Morgan fingerprint density at radius 1 is 0.267 bits per heavy atom. The van der Waals surface area contributed by atoms with Gasteiger partial charge < -0.3 is 0 Å². The molecule has 0 saturated carbocycles. The van der Waals surface area contributed by atoms with Crippen molar-refractivity contribution in [1.82, 2.24) is 59.8 Å². The molecule has 9 aromatic heterocycles. The minimum Gasteiger partial charge on any atom is -0.262 e. The van der Waals surface area contributed by atoms with Crippen LogP contribution in [0.4, 0.5) is 0 Å². The van der Waals surface area contributed by atoms with E-state index in [0.29, 0.717) is 28.6 Å². The van der Waals surface area contributed by atoms with Crippen LogP contribution in [0.1, 0.15) is 289 Å². The molecule has 9 heterocycles. The Balaban J connectivity index is 0.000000591. The quantitative estimate of drug-likeness (QED) is 0.133. The summed E-state index contributed by atoms with van der Waals surface area (Å²) in [4.78, 5) is 49.9. The van der Waals surface area contributed by atoms with Crippen LogP contribution in [0.15, 0.2) is 147 Å². The predicted octanol–water partition coefficient (Wildman–Crippen LogP) is 20.4. The van der Waals surface area contributed by atoms with Crippen molar-refractivity contribution < 1.29 is 0 Å². The van der Waals surface area contributed by atoms with Gasteiger partial charge in [-0.3, -0.25) is 15.0 Å². The van der Waals surface area contributed by atoms with Crippen molar-refractivity contribution in [2.45, 2.75) is 256 Å². The van der Waals surface area contributed by atoms with Gasteiger partial charge in [0.25, 0.3) is 0 Å². The topological polar surface area (TPSA) is 155 Å². The number of aryl methyl sites for hydroxylation is 3. The standard InChI is InChI=1S/3C11H13N.3C10H12N2.3C10H15N/c1-5-10-8-9(6-7-12-10)11(2,3)4;1-5-10-9(11(2,3)4)7-6-8-12-10;1-5-9-7-6-8-10(12-9)11(2,3)4;1-5-8-6-9(10(2,3)4)12-7-11-8;1-5-9-11-7-6-8(12-9)10(2,3)4;1-5-8-6-7-11-9(12-8)10(2,3)4;1-8-7-9(5-6-11-8)10(2,3)4;1-8-9(10(2,3)4)6-5-7-11-8;1-8-6-5-7-9(11-8)10(2,3)4/h3*1,6-8H,2-4H3;3*1,6-7H,2-4H3;3*5-7H,1-4H3. The second-order valence-corrected chi connectivity index (χ2v) is 34.2. The molecule has 0 bridgehead atoms. The molecule has 0 unspecified atom stereocenters. The van der Waals surface area contributed by atoms with E-state index in [1.807, 2.05) is 93.0 Å². The zero-order valence-electron chi connectivity index (χ0n) is 69.2. The maximum atomic E-state index is 5.33. The van der Waals surface area contributed by atoms with Gasteiger partial charge in [0.05, 0.1) is 11.4 Å². The highest BCUT2D eigenvalue weighted by molar-refractivity contribution is 5.38. The van der Waals surface area contributed by atoms with E-state index < -0.39 is 0 Å². The molecule has 0 spiro atoms. The van der Waals surface area contributed by atoms with E-state index >= 15 is 0 Å². The zero-order valence-corrected chi connectivity index (χ0v) is 69.2. The second kappa shape index (κ2) is 41.1. The van der Waals surface area contributed by atoms with Crippen LogP contribution < -0.4 is 0 Å². The van der Waals surface area contributed by atoms with Gasteiger partial charge >= 0.3 is 0 Å². The van der Waals surface area contributed by atoms with Crippen molar-refractivity contribution in [2.24, 2.45) is 0 Å². The molecule has 105 heavy (non-hydrogen) atoms. The first-order valence-corrected chi connectivity index (χ1v) is 35.2. The van der Waals surface area contributed by atoms with Gasteiger partial charge in [-0.2, -0.15) is 0 Å². The van der Waals surface area contributed by atoms with E-state index in [-0.39, 0.29) is 48.7 Å². The Bertz CT molecular complexity index is 3980. The normalized spacial score (nSPS) is 11.1. The van der Waals surface area contributed by atoms with Gasteiger partial charge in [-0.1, -0.05) is 235 Å². The summed E-state index contributed by atoms with van der Waals surface area (Å²) in [5, 5.41) is 0. The number of rotatable bonds is 0. The molecule has 0 N–H and O–H groups in total. The van der Waals surface area contributed by atoms with Crippen LogP contribution in [0.5, 0.6) is 0 Å². The minimum absolute atomic E-state index is 0.0349. The number of nitrogens with zero attached hydrogens (tertiary/aromatic N) is 12. The molecule has 9 rings (SSSR count). The molecule has 12 nitrogen and oxygen atoms in total. The lowest BCUT2D eigenvalue weighted by Gasteiger charge is -2.20. The molecular formula is C93H120N12. The van der Waals surface area contributed by atoms with E-state index in [1.165, 1.54) is 23.0 Å². The fourth-order valence-electron chi connectivity index (χ4n) is 8.78. The maximum Gasteiger partial charge on any atom is 0.204 e.